The molecule has 1 saturated heterocycles. The third-order valence-corrected chi connectivity index (χ3v) is 7.32. The predicted molar refractivity (Wildman–Crippen MR) is 122 cm³/mol. The summed E-state index contributed by atoms with van der Waals surface area (Å²) in [4.78, 5) is 32.6. The van der Waals surface area contributed by atoms with Gasteiger partial charge in [-0.15, -0.1) is 11.3 Å². The number of aromatic nitrogens is 1. The highest BCUT2D eigenvalue weighted by Crippen LogP contribution is 2.49. The van der Waals surface area contributed by atoms with E-state index >= 15 is 0 Å². The van der Waals surface area contributed by atoms with Crippen LogP contribution in [0.25, 0.3) is 4.91 Å². The molecule has 3 aromatic rings. The van der Waals surface area contributed by atoms with Gasteiger partial charge in [0, 0.05) is 16.0 Å². The van der Waals surface area contributed by atoms with Crippen molar-refractivity contribution in [3.63, 3.8) is 0 Å². The van der Waals surface area contributed by atoms with E-state index in [1.807, 2.05) is 18.4 Å². The van der Waals surface area contributed by atoms with E-state index in [0.717, 1.165) is 16.2 Å². The monoisotopic (exact) mass is 452 g/mol. The number of imide groups is 1. The predicted octanol–water partition coefficient (Wildman–Crippen LogP) is 5.20. The van der Waals surface area contributed by atoms with Gasteiger partial charge >= 0.3 is 6.03 Å². The van der Waals surface area contributed by atoms with Crippen LogP contribution in [0.2, 0.25) is 0 Å². The molecule has 3 heterocycles. The normalized spacial score (nSPS) is 20.6. The number of halogens is 1. The molecule has 0 spiro atoms. The molecule has 2 N–H and O–H groups in total. The molecule has 2 aromatic carbocycles. The van der Waals surface area contributed by atoms with E-state index < -0.39 is 11.9 Å². The van der Waals surface area contributed by atoms with Gasteiger partial charge in [-0.25, -0.2) is 19.1 Å². The quantitative estimate of drug-likeness (QED) is 0.569. The van der Waals surface area contributed by atoms with Gasteiger partial charge in [-0.1, -0.05) is 36.0 Å². The molecule has 0 aliphatic carbocycles. The maximum absolute atomic E-state index is 13.4. The molecule has 2 atom stereocenters. The molecule has 0 bridgehead atoms. The lowest BCUT2D eigenvalue weighted by molar-refractivity contribution is -0.121. The van der Waals surface area contributed by atoms with Crippen LogP contribution in [0, 0.1) is 11.7 Å². The lowest BCUT2D eigenvalue weighted by atomic mass is 9.96. The molecule has 0 radical (unpaired) electrons. The summed E-state index contributed by atoms with van der Waals surface area (Å²) >= 11 is 2.84. The highest BCUT2D eigenvalue weighted by Gasteiger charge is 2.48. The molecule has 2 aliphatic heterocycles. The molecular weight excluding hydrogens is 435 g/mol. The molecular formula is C22H17FN4O2S2. The Morgan fingerprint density at radius 1 is 1.13 bits per heavy atom. The molecule has 1 fully saturated rings. The number of hydrogen-bond donors (Lipinski definition) is 2. The van der Waals surface area contributed by atoms with Gasteiger partial charge in [0.1, 0.15) is 5.82 Å². The topological polar surface area (TPSA) is 74.3 Å². The van der Waals surface area contributed by atoms with Crippen molar-refractivity contribution in [3.8, 4) is 0 Å². The molecule has 2 aliphatic rings. The molecule has 31 heavy (non-hydrogen) atoms. The first kappa shape index (κ1) is 19.8. The molecule has 9 heteroatoms. The summed E-state index contributed by atoms with van der Waals surface area (Å²) in [6, 6.07) is 14.7. The van der Waals surface area contributed by atoms with Crippen LogP contribution in [0.15, 0.2) is 65.6 Å². The third kappa shape index (κ3) is 3.60. The summed E-state index contributed by atoms with van der Waals surface area (Å²) in [5.74, 6) is -1.03. The highest BCUT2D eigenvalue weighted by atomic mass is 32.2. The van der Waals surface area contributed by atoms with Crippen molar-refractivity contribution in [1.82, 2.24) is 10.3 Å². The SMILES string of the molecule is CC1=C(c2csc(Nc3cccc(F)c3)n2)SC2NC(=O)N(c3ccccc3)C(=O)C12. The Kier molecular flexibility index (Phi) is 4.99. The molecule has 5 rings (SSSR count). The van der Waals surface area contributed by atoms with E-state index in [0.29, 0.717) is 16.5 Å². The summed E-state index contributed by atoms with van der Waals surface area (Å²) in [5.41, 5.74) is 2.77. The Bertz CT molecular complexity index is 1210. The minimum atomic E-state index is -0.459. The second-order valence-corrected chi connectivity index (χ2v) is 9.17. The Morgan fingerprint density at radius 2 is 1.94 bits per heavy atom. The maximum Gasteiger partial charge on any atom is 0.329 e. The number of urea groups is 1. The van der Waals surface area contributed by atoms with Crippen molar-refractivity contribution in [2.24, 2.45) is 5.92 Å². The number of thiazole rings is 1. The van der Waals surface area contributed by atoms with Crippen molar-refractivity contribution in [3.05, 3.63) is 77.1 Å². The number of carbonyl (C=O) groups is 2. The number of nitrogens with zero attached hydrogens (tertiary/aromatic N) is 2. The summed E-state index contributed by atoms with van der Waals surface area (Å²) in [6.07, 6.45) is 0. The molecule has 1 aromatic heterocycles. The number of fused-ring (bicyclic) bond motifs is 1. The second-order valence-electron chi connectivity index (χ2n) is 7.16. The van der Waals surface area contributed by atoms with Gasteiger partial charge in [0.25, 0.3) is 0 Å². The van der Waals surface area contributed by atoms with Gasteiger partial charge in [0.15, 0.2) is 5.13 Å². The molecule has 2 unspecified atom stereocenters. The van der Waals surface area contributed by atoms with Crippen LogP contribution in [0.4, 0.5) is 25.7 Å². The number of rotatable bonds is 4. The average molecular weight is 453 g/mol. The Labute approximate surface area is 186 Å². The maximum atomic E-state index is 13.4. The lowest BCUT2D eigenvalue weighted by Crippen LogP contribution is -2.58. The zero-order valence-electron chi connectivity index (χ0n) is 16.3. The van der Waals surface area contributed by atoms with Gasteiger partial charge < -0.3 is 10.6 Å². The molecule has 0 saturated carbocycles. The third-order valence-electron chi connectivity index (χ3n) is 5.15. The van der Waals surface area contributed by atoms with Crippen LogP contribution < -0.4 is 15.5 Å². The molecule has 3 amide bonds. The summed E-state index contributed by atoms with van der Waals surface area (Å²) < 4.78 is 13.4. The highest BCUT2D eigenvalue weighted by molar-refractivity contribution is 8.09. The lowest BCUT2D eigenvalue weighted by Gasteiger charge is -2.34. The molecule has 156 valence electrons. The smallest absolute Gasteiger partial charge is 0.329 e. The van der Waals surface area contributed by atoms with Crippen molar-refractivity contribution in [2.75, 3.05) is 10.2 Å². The van der Waals surface area contributed by atoms with Gasteiger partial charge in [0.05, 0.1) is 22.7 Å². The second kappa shape index (κ2) is 7.82. The first-order chi connectivity index (χ1) is 15.0. The van der Waals surface area contributed by atoms with Crippen LogP contribution >= 0.6 is 23.1 Å². The first-order valence-electron chi connectivity index (χ1n) is 9.57. The van der Waals surface area contributed by atoms with Crippen molar-refractivity contribution in [1.29, 1.82) is 0 Å². The van der Waals surface area contributed by atoms with E-state index in [4.69, 9.17) is 0 Å². The number of anilines is 3. The van der Waals surface area contributed by atoms with Crippen LogP contribution in [0.3, 0.4) is 0 Å². The number of thioether (sulfide) groups is 1. The van der Waals surface area contributed by atoms with Crippen LogP contribution in [0.5, 0.6) is 0 Å². The van der Waals surface area contributed by atoms with E-state index in [-0.39, 0.29) is 17.1 Å². The van der Waals surface area contributed by atoms with Crippen LogP contribution in [-0.2, 0) is 4.79 Å². The van der Waals surface area contributed by atoms with Crippen LogP contribution in [-0.4, -0.2) is 22.3 Å². The van der Waals surface area contributed by atoms with Gasteiger partial charge in [-0.05, 0) is 42.8 Å². The molecule has 6 nitrogen and oxygen atoms in total. The number of nitrogens with one attached hydrogen (secondary N) is 2. The summed E-state index contributed by atoms with van der Waals surface area (Å²) in [6.45, 7) is 1.91. The van der Waals surface area contributed by atoms with Crippen LogP contribution in [0.1, 0.15) is 12.6 Å². The Hall–Kier alpha value is -3.17. The number of benzene rings is 2. The Morgan fingerprint density at radius 3 is 2.71 bits per heavy atom. The summed E-state index contributed by atoms with van der Waals surface area (Å²) in [7, 11) is 0. The van der Waals surface area contributed by atoms with Gasteiger partial charge in [0.2, 0.25) is 5.91 Å². The minimum Gasteiger partial charge on any atom is -0.331 e. The fourth-order valence-corrected chi connectivity index (χ4v) is 5.92. The van der Waals surface area contributed by atoms with Crippen molar-refractivity contribution < 1.29 is 14.0 Å². The van der Waals surface area contributed by atoms with E-state index in [1.165, 1.54) is 40.1 Å². The van der Waals surface area contributed by atoms with Crippen molar-refractivity contribution in [2.45, 2.75) is 12.3 Å². The summed E-state index contributed by atoms with van der Waals surface area (Å²) in [5, 5.41) is 8.20. The van der Waals surface area contributed by atoms with Crippen molar-refractivity contribution >= 4 is 56.4 Å². The van der Waals surface area contributed by atoms with Gasteiger partial charge in [-0.3, -0.25) is 4.79 Å². The van der Waals surface area contributed by atoms with Gasteiger partial charge in [-0.2, -0.15) is 0 Å². The van der Waals surface area contributed by atoms with E-state index in [9.17, 15) is 14.0 Å². The Balaban J connectivity index is 1.41. The minimum absolute atomic E-state index is 0.242. The largest absolute Gasteiger partial charge is 0.331 e. The zero-order chi connectivity index (χ0) is 21.5. The number of para-hydroxylation sites is 1. The zero-order valence-corrected chi connectivity index (χ0v) is 18.0. The van der Waals surface area contributed by atoms with E-state index in [2.05, 4.69) is 15.6 Å². The fourth-order valence-electron chi connectivity index (χ4n) is 3.72. The number of hydrogen-bond acceptors (Lipinski definition) is 6. The average Bonchev–Trinajstić information content (AvgIpc) is 3.33. The van der Waals surface area contributed by atoms with E-state index in [1.54, 1.807) is 36.4 Å². The number of carbonyl (C=O) groups excluding carboxylic acids is 2. The fraction of sp³-hybridized carbons (Fsp3) is 0.136. The standard InChI is InChI=1S/C22H17FN4O2S2/c1-12-17-19(26-22(29)27(20(17)28)15-8-3-2-4-9-15)31-18(12)16-11-30-21(25-16)24-14-7-5-6-13(23)10-14/h2-11,17,19H,1H3,(H,24,25)(H,26,29). The first-order valence-corrected chi connectivity index (χ1v) is 11.3. The number of amides is 3.